The zero-order chi connectivity index (χ0) is 54.3. The van der Waals surface area contributed by atoms with E-state index in [0.29, 0.717) is 34.1 Å². The Morgan fingerprint density at radius 3 is 0.731 bits per heavy atom. The summed E-state index contributed by atoms with van der Waals surface area (Å²) in [7, 11) is 0. The molecular formula is C72H56F4N2. The molecule has 12 aromatic rings. The summed E-state index contributed by atoms with van der Waals surface area (Å²) in [6, 6.07) is 62.6. The van der Waals surface area contributed by atoms with E-state index in [2.05, 4.69) is 201 Å². The average Bonchev–Trinajstić information content (AvgIpc) is 3.54. The first-order valence-electron chi connectivity index (χ1n) is 26.3. The minimum Gasteiger partial charge on any atom is -0.310 e. The number of nitrogens with zero attached hydrogens (tertiary/aromatic N) is 2. The first-order chi connectivity index (χ1) is 37.5. The largest absolute Gasteiger partial charge is 0.310 e. The summed E-state index contributed by atoms with van der Waals surface area (Å²) in [5.74, 6) is -2.80. The van der Waals surface area contributed by atoms with Crippen LogP contribution >= 0.6 is 0 Å². The zero-order valence-electron chi connectivity index (χ0n) is 44.9. The van der Waals surface area contributed by atoms with Crippen LogP contribution in [0.5, 0.6) is 0 Å². The molecule has 0 bridgehead atoms. The maximum atomic E-state index is 15.8. The number of halogens is 4. The summed E-state index contributed by atoms with van der Waals surface area (Å²) in [6.07, 6.45) is 0. The molecule has 0 atom stereocenters. The first kappa shape index (κ1) is 49.9. The standard InChI is InChI=1S/C72H56F4N2/c1-41-17-42(2)22-51(21-41)55-29-56(52-23-43(3)18-44(4)24-52)32-63(31-55)77(65-37-59(73)35-60(74)38-65)69-15-11-49-10-14-68-70(16-12-50-9-13-67(69)71(49)72(50)68)78(66-39-61(75)36-62(76)40-66)64-33-57(53-25-45(5)19-46(6)26-53)30-58(34-64)54-27-47(7)20-48(8)28-54/h9-40H,1-8H3. The van der Waals surface area contributed by atoms with Crippen molar-refractivity contribution in [1.29, 1.82) is 0 Å². The Kier molecular flexibility index (Phi) is 12.5. The van der Waals surface area contributed by atoms with Crippen molar-refractivity contribution in [2.45, 2.75) is 55.4 Å². The van der Waals surface area contributed by atoms with Crippen molar-refractivity contribution in [2.24, 2.45) is 0 Å². The van der Waals surface area contributed by atoms with E-state index in [0.717, 1.165) is 133 Å². The van der Waals surface area contributed by atoms with Crippen molar-refractivity contribution in [3.63, 3.8) is 0 Å². The van der Waals surface area contributed by atoms with Gasteiger partial charge in [-0.15, -0.1) is 0 Å². The summed E-state index contributed by atoms with van der Waals surface area (Å²) in [6.45, 7) is 16.7. The lowest BCUT2D eigenvalue weighted by atomic mass is 9.91. The third-order valence-corrected chi connectivity index (χ3v) is 14.9. The second kappa shape index (κ2) is 19.5. The predicted octanol–water partition coefficient (Wildman–Crippen LogP) is 21.2. The molecule has 0 radical (unpaired) electrons. The van der Waals surface area contributed by atoms with Gasteiger partial charge < -0.3 is 9.80 Å². The van der Waals surface area contributed by atoms with Crippen LogP contribution in [0.15, 0.2) is 194 Å². The number of hydrogen-bond acceptors (Lipinski definition) is 2. The highest BCUT2D eigenvalue weighted by molar-refractivity contribution is 6.28. The minimum absolute atomic E-state index is 0.315. The fourth-order valence-electron chi connectivity index (χ4n) is 12.1. The minimum atomic E-state index is -0.700. The topological polar surface area (TPSA) is 6.48 Å². The van der Waals surface area contributed by atoms with Gasteiger partial charge in [-0.2, -0.15) is 0 Å². The van der Waals surface area contributed by atoms with E-state index in [1.165, 1.54) is 24.3 Å². The maximum absolute atomic E-state index is 15.8. The second-order valence-corrected chi connectivity index (χ2v) is 21.6. The van der Waals surface area contributed by atoms with Gasteiger partial charge in [0.25, 0.3) is 0 Å². The normalized spacial score (nSPS) is 11.6. The van der Waals surface area contributed by atoms with Crippen LogP contribution in [0.3, 0.4) is 0 Å². The summed E-state index contributed by atoms with van der Waals surface area (Å²) in [5.41, 5.74) is 20.3. The van der Waals surface area contributed by atoms with E-state index in [1.807, 2.05) is 21.9 Å². The Labute approximate surface area is 453 Å². The van der Waals surface area contributed by atoms with Gasteiger partial charge in [0.2, 0.25) is 0 Å². The van der Waals surface area contributed by atoms with Crippen LogP contribution in [0.2, 0.25) is 0 Å². The lowest BCUT2D eigenvalue weighted by molar-refractivity contribution is 0.583. The number of hydrogen-bond donors (Lipinski definition) is 0. The third-order valence-electron chi connectivity index (χ3n) is 14.9. The fourth-order valence-corrected chi connectivity index (χ4v) is 12.1. The molecule has 0 saturated carbocycles. The van der Waals surface area contributed by atoms with Crippen molar-refractivity contribution in [2.75, 3.05) is 9.80 Å². The lowest BCUT2D eigenvalue weighted by Gasteiger charge is -2.30. The SMILES string of the molecule is Cc1cc(C)cc(-c2cc(-c3cc(C)cc(C)c3)cc(N(c3cc(F)cc(F)c3)c3ccc4ccc5c(N(c6cc(F)cc(F)c6)c6cc(-c7cc(C)cc(C)c7)cc(-c7cc(C)cc(C)c7)c6)ccc6ccc3c4c65)c2)c1. The molecule has 0 aliphatic carbocycles. The smallest absolute Gasteiger partial charge is 0.128 e. The molecule has 0 aromatic heterocycles. The Balaban J connectivity index is 1.13. The highest BCUT2D eigenvalue weighted by Crippen LogP contribution is 2.50. The van der Waals surface area contributed by atoms with Crippen LogP contribution in [0.25, 0.3) is 76.8 Å². The number of anilines is 6. The van der Waals surface area contributed by atoms with Gasteiger partial charge in [0.1, 0.15) is 23.3 Å². The van der Waals surface area contributed by atoms with E-state index in [4.69, 9.17) is 0 Å². The molecule has 0 heterocycles. The Morgan fingerprint density at radius 2 is 0.462 bits per heavy atom. The van der Waals surface area contributed by atoms with E-state index in [1.54, 1.807) is 0 Å². The molecule has 0 aliphatic rings. The van der Waals surface area contributed by atoms with Crippen LogP contribution in [0.4, 0.5) is 51.7 Å². The molecule has 0 aliphatic heterocycles. The van der Waals surface area contributed by atoms with Crippen molar-refractivity contribution >= 4 is 66.4 Å². The second-order valence-electron chi connectivity index (χ2n) is 21.6. The van der Waals surface area contributed by atoms with Gasteiger partial charge in [-0.3, -0.25) is 0 Å². The molecule has 0 fully saturated rings. The predicted molar refractivity (Wildman–Crippen MR) is 319 cm³/mol. The summed E-state index contributed by atoms with van der Waals surface area (Å²) in [5, 5.41) is 5.44. The van der Waals surface area contributed by atoms with Crippen LogP contribution in [0.1, 0.15) is 44.5 Å². The zero-order valence-corrected chi connectivity index (χ0v) is 44.9. The summed E-state index contributed by atoms with van der Waals surface area (Å²) < 4.78 is 63.1. The van der Waals surface area contributed by atoms with E-state index >= 15 is 17.6 Å². The van der Waals surface area contributed by atoms with Crippen molar-refractivity contribution in [3.05, 3.63) is 262 Å². The van der Waals surface area contributed by atoms with Crippen molar-refractivity contribution in [3.8, 4) is 44.5 Å². The Bertz CT molecular complexity index is 3840. The van der Waals surface area contributed by atoms with Gasteiger partial charge in [-0.1, -0.05) is 154 Å². The highest BCUT2D eigenvalue weighted by Gasteiger charge is 2.25. The molecule has 2 nitrogen and oxygen atoms in total. The van der Waals surface area contributed by atoms with Crippen molar-refractivity contribution < 1.29 is 17.6 Å². The van der Waals surface area contributed by atoms with E-state index in [9.17, 15) is 0 Å². The molecule has 0 N–H and O–H groups in total. The van der Waals surface area contributed by atoms with Crippen LogP contribution in [-0.2, 0) is 0 Å². The number of aryl methyl sites for hydroxylation is 8. The van der Waals surface area contributed by atoms with Gasteiger partial charge >= 0.3 is 0 Å². The highest BCUT2D eigenvalue weighted by atomic mass is 19.1. The molecule has 78 heavy (non-hydrogen) atoms. The van der Waals surface area contributed by atoms with Gasteiger partial charge in [0.05, 0.1) is 22.7 Å². The molecule has 12 rings (SSSR count). The van der Waals surface area contributed by atoms with E-state index in [-0.39, 0.29) is 0 Å². The Morgan fingerprint density at radius 1 is 0.231 bits per heavy atom. The monoisotopic (exact) mass is 1020 g/mol. The van der Waals surface area contributed by atoms with Crippen LogP contribution < -0.4 is 9.80 Å². The number of benzene rings is 12. The third kappa shape index (κ3) is 9.53. The summed E-state index contributed by atoms with van der Waals surface area (Å²) in [4.78, 5) is 3.93. The molecule has 0 saturated heterocycles. The molecule has 6 heteroatoms. The van der Waals surface area contributed by atoms with Crippen molar-refractivity contribution in [1.82, 2.24) is 0 Å². The van der Waals surface area contributed by atoms with Gasteiger partial charge in [0, 0.05) is 34.3 Å². The lowest BCUT2D eigenvalue weighted by Crippen LogP contribution is -2.13. The molecular weight excluding hydrogens is 969 g/mol. The molecule has 12 aromatic carbocycles. The quantitative estimate of drug-likeness (QED) is 0.0995. The van der Waals surface area contributed by atoms with Crippen LogP contribution in [0, 0.1) is 78.7 Å². The molecule has 0 spiro atoms. The van der Waals surface area contributed by atoms with Gasteiger partial charge in [-0.05, 0) is 194 Å². The molecule has 0 amide bonds. The maximum Gasteiger partial charge on any atom is 0.128 e. The first-order valence-corrected chi connectivity index (χ1v) is 26.3. The Hall–Kier alpha value is -9.00. The number of rotatable bonds is 10. The molecule has 382 valence electrons. The average molecular weight is 1030 g/mol. The summed E-state index contributed by atoms with van der Waals surface area (Å²) >= 11 is 0. The van der Waals surface area contributed by atoms with E-state index < -0.39 is 23.3 Å². The molecule has 0 unspecified atom stereocenters. The van der Waals surface area contributed by atoms with Gasteiger partial charge in [-0.25, -0.2) is 17.6 Å². The fraction of sp³-hybridized carbons (Fsp3) is 0.111. The van der Waals surface area contributed by atoms with Gasteiger partial charge in [0.15, 0.2) is 0 Å². The van der Waals surface area contributed by atoms with Crippen LogP contribution in [-0.4, -0.2) is 0 Å².